The molecule has 3 aromatic rings. The number of likely N-dealkylation sites (tertiary alicyclic amines) is 1. The van der Waals surface area contributed by atoms with Gasteiger partial charge in [-0.25, -0.2) is 4.98 Å². The van der Waals surface area contributed by atoms with Crippen LogP contribution in [-0.4, -0.2) is 44.3 Å². The van der Waals surface area contributed by atoms with Gasteiger partial charge in [0.15, 0.2) is 0 Å². The van der Waals surface area contributed by atoms with Crippen LogP contribution in [0.25, 0.3) is 10.9 Å². The summed E-state index contributed by atoms with van der Waals surface area (Å²) < 4.78 is 1.43. The van der Waals surface area contributed by atoms with E-state index in [1.807, 2.05) is 24.4 Å². The fourth-order valence-electron chi connectivity index (χ4n) is 4.90. The van der Waals surface area contributed by atoms with Crippen molar-refractivity contribution in [3.63, 3.8) is 0 Å². The van der Waals surface area contributed by atoms with Crippen molar-refractivity contribution >= 4 is 34.5 Å². The van der Waals surface area contributed by atoms with Crippen LogP contribution in [0.15, 0.2) is 46.2 Å². The topological polar surface area (TPSA) is 97.2 Å². The van der Waals surface area contributed by atoms with Crippen LogP contribution < -0.4 is 10.9 Å². The van der Waals surface area contributed by atoms with Crippen LogP contribution in [0.1, 0.15) is 55.2 Å². The lowest BCUT2D eigenvalue weighted by molar-refractivity contribution is -0.135. The summed E-state index contributed by atoms with van der Waals surface area (Å²) in [6.07, 6.45) is 6.32. The average Bonchev–Trinajstić information content (AvgIpc) is 2.85. The van der Waals surface area contributed by atoms with Crippen molar-refractivity contribution < 1.29 is 9.59 Å². The Morgan fingerprint density at radius 1 is 1.09 bits per heavy atom. The third kappa shape index (κ3) is 5.16. The number of rotatable bonds is 6. The van der Waals surface area contributed by atoms with Gasteiger partial charge in [-0.1, -0.05) is 18.6 Å². The summed E-state index contributed by atoms with van der Waals surface area (Å²) in [6.45, 7) is 4.97. The Kier molecular flexibility index (Phi) is 6.97. The zero-order valence-corrected chi connectivity index (χ0v) is 20.6. The number of benzene rings is 1. The normalized spacial score (nSPS) is 19.2. The number of aryl methyl sites for hydroxylation is 1. The first-order valence-electron chi connectivity index (χ1n) is 12.1. The molecule has 0 bridgehead atoms. The SMILES string of the molecule is Cc1nc2cccc(SCc3ccc(CN4CCCCC4)cn3)c2c(=O)n1C1CCC(=O)NC1=O. The van der Waals surface area contributed by atoms with E-state index in [0.717, 1.165) is 30.2 Å². The highest BCUT2D eigenvalue weighted by Crippen LogP contribution is 2.29. The van der Waals surface area contributed by atoms with Gasteiger partial charge >= 0.3 is 0 Å². The number of nitrogens with one attached hydrogen (secondary N) is 1. The number of hydrogen-bond acceptors (Lipinski definition) is 7. The maximum absolute atomic E-state index is 13.6. The second-order valence-electron chi connectivity index (χ2n) is 9.23. The van der Waals surface area contributed by atoms with Gasteiger partial charge in [0.25, 0.3) is 5.56 Å². The number of hydrogen-bond donors (Lipinski definition) is 1. The average molecular weight is 492 g/mol. The molecule has 2 fully saturated rings. The summed E-state index contributed by atoms with van der Waals surface area (Å²) >= 11 is 1.54. The van der Waals surface area contributed by atoms with Gasteiger partial charge in [-0.05, 0) is 63.0 Å². The third-order valence-corrected chi connectivity index (χ3v) is 7.80. The molecule has 2 saturated heterocycles. The number of aromatic nitrogens is 3. The molecule has 9 heteroatoms. The first-order valence-corrected chi connectivity index (χ1v) is 13.1. The zero-order chi connectivity index (χ0) is 24.4. The molecular formula is C26H29N5O3S. The fourth-order valence-corrected chi connectivity index (χ4v) is 5.89. The van der Waals surface area contributed by atoms with E-state index in [1.54, 1.807) is 18.7 Å². The van der Waals surface area contributed by atoms with Crippen molar-refractivity contribution in [1.82, 2.24) is 24.8 Å². The zero-order valence-electron chi connectivity index (χ0n) is 19.8. The van der Waals surface area contributed by atoms with Crippen molar-refractivity contribution in [2.75, 3.05) is 13.1 Å². The molecule has 2 aliphatic rings. The minimum Gasteiger partial charge on any atom is -0.299 e. The van der Waals surface area contributed by atoms with Crippen molar-refractivity contribution in [3.05, 3.63) is 64.0 Å². The number of imide groups is 1. The van der Waals surface area contributed by atoms with E-state index >= 15 is 0 Å². The van der Waals surface area contributed by atoms with E-state index in [1.165, 1.54) is 29.4 Å². The highest BCUT2D eigenvalue weighted by molar-refractivity contribution is 7.98. The Morgan fingerprint density at radius 2 is 1.91 bits per heavy atom. The molecule has 1 aromatic carbocycles. The van der Waals surface area contributed by atoms with E-state index in [2.05, 4.69) is 32.3 Å². The second kappa shape index (κ2) is 10.3. The molecule has 0 spiro atoms. The number of carbonyl (C=O) groups is 2. The van der Waals surface area contributed by atoms with E-state index in [4.69, 9.17) is 0 Å². The van der Waals surface area contributed by atoms with Crippen LogP contribution in [0.4, 0.5) is 0 Å². The maximum Gasteiger partial charge on any atom is 0.263 e. The van der Waals surface area contributed by atoms with Crippen LogP contribution in [0, 0.1) is 6.92 Å². The summed E-state index contributed by atoms with van der Waals surface area (Å²) in [7, 11) is 0. The molecule has 182 valence electrons. The monoisotopic (exact) mass is 491 g/mol. The minimum atomic E-state index is -0.732. The summed E-state index contributed by atoms with van der Waals surface area (Å²) in [4.78, 5) is 50.2. The molecule has 1 N–H and O–H groups in total. The predicted octanol–water partition coefficient (Wildman–Crippen LogP) is 3.36. The summed E-state index contributed by atoms with van der Waals surface area (Å²) in [6, 6.07) is 9.08. The largest absolute Gasteiger partial charge is 0.299 e. The Labute approximate surface area is 208 Å². The Morgan fingerprint density at radius 3 is 2.66 bits per heavy atom. The van der Waals surface area contributed by atoms with Gasteiger partial charge in [-0.3, -0.25) is 34.2 Å². The molecule has 1 unspecified atom stereocenters. The van der Waals surface area contributed by atoms with Crippen LogP contribution in [0.5, 0.6) is 0 Å². The second-order valence-corrected chi connectivity index (χ2v) is 10.3. The Bertz CT molecular complexity index is 1320. The van der Waals surface area contributed by atoms with Crippen LogP contribution >= 0.6 is 11.8 Å². The van der Waals surface area contributed by atoms with Crippen molar-refractivity contribution in [1.29, 1.82) is 0 Å². The van der Waals surface area contributed by atoms with Crippen molar-refractivity contribution in [2.45, 2.75) is 62.3 Å². The smallest absolute Gasteiger partial charge is 0.263 e. The number of nitrogens with zero attached hydrogens (tertiary/aromatic N) is 4. The molecule has 35 heavy (non-hydrogen) atoms. The minimum absolute atomic E-state index is 0.205. The van der Waals surface area contributed by atoms with Crippen molar-refractivity contribution in [3.8, 4) is 0 Å². The van der Waals surface area contributed by atoms with Gasteiger partial charge < -0.3 is 0 Å². The van der Waals surface area contributed by atoms with Gasteiger partial charge in [0.1, 0.15) is 11.9 Å². The molecule has 0 saturated carbocycles. The first kappa shape index (κ1) is 23.7. The van der Waals surface area contributed by atoms with Gasteiger partial charge in [0.05, 0.1) is 16.6 Å². The summed E-state index contributed by atoms with van der Waals surface area (Å²) in [5.41, 5.74) is 2.51. The van der Waals surface area contributed by atoms with Crippen molar-refractivity contribution in [2.24, 2.45) is 0 Å². The number of amides is 2. The molecule has 1 atom stereocenters. The van der Waals surface area contributed by atoms with Gasteiger partial charge in [-0.15, -0.1) is 11.8 Å². The van der Waals surface area contributed by atoms with E-state index in [9.17, 15) is 14.4 Å². The number of carbonyl (C=O) groups excluding carboxylic acids is 2. The lowest BCUT2D eigenvalue weighted by Crippen LogP contribution is -2.45. The number of piperidine rings is 2. The van der Waals surface area contributed by atoms with E-state index in [0.29, 0.717) is 28.9 Å². The highest BCUT2D eigenvalue weighted by Gasteiger charge is 2.30. The predicted molar refractivity (Wildman–Crippen MR) is 135 cm³/mol. The molecule has 5 rings (SSSR count). The molecule has 2 aliphatic heterocycles. The lowest BCUT2D eigenvalue weighted by Gasteiger charge is -2.26. The number of pyridine rings is 1. The molecule has 2 aromatic heterocycles. The van der Waals surface area contributed by atoms with Crippen LogP contribution in [0.3, 0.4) is 0 Å². The van der Waals surface area contributed by atoms with Crippen LogP contribution in [-0.2, 0) is 21.9 Å². The quantitative estimate of drug-likeness (QED) is 0.417. The Balaban J connectivity index is 1.36. The van der Waals surface area contributed by atoms with Gasteiger partial charge in [0.2, 0.25) is 11.8 Å². The standard InChI is InChI=1S/C26H29N5O3S/c1-17-28-20-6-5-7-22(24(20)26(34)31(17)21-10-11-23(32)29-25(21)33)35-16-19-9-8-18(14-27-19)15-30-12-3-2-4-13-30/h5-9,14,21H,2-4,10-13,15-16H2,1H3,(H,29,32,33). The Hall–Kier alpha value is -3.04. The van der Waals surface area contributed by atoms with E-state index in [-0.39, 0.29) is 17.9 Å². The molecule has 8 nitrogen and oxygen atoms in total. The van der Waals surface area contributed by atoms with E-state index < -0.39 is 11.9 Å². The number of fused-ring (bicyclic) bond motifs is 1. The number of thioether (sulfide) groups is 1. The molecule has 2 amide bonds. The first-order chi connectivity index (χ1) is 17.0. The molecule has 0 aliphatic carbocycles. The highest BCUT2D eigenvalue weighted by atomic mass is 32.2. The maximum atomic E-state index is 13.6. The fraction of sp³-hybridized carbons (Fsp3) is 0.423. The van der Waals surface area contributed by atoms with Gasteiger partial charge in [0, 0.05) is 29.8 Å². The van der Waals surface area contributed by atoms with Crippen LogP contribution in [0.2, 0.25) is 0 Å². The summed E-state index contributed by atoms with van der Waals surface area (Å²) in [5.74, 6) is 0.322. The molecular weight excluding hydrogens is 462 g/mol. The summed E-state index contributed by atoms with van der Waals surface area (Å²) in [5, 5.41) is 2.83. The molecule has 4 heterocycles. The van der Waals surface area contributed by atoms with Gasteiger partial charge in [-0.2, -0.15) is 0 Å². The third-order valence-electron chi connectivity index (χ3n) is 6.71. The lowest BCUT2D eigenvalue weighted by atomic mass is 10.1. The molecule has 0 radical (unpaired) electrons.